The summed E-state index contributed by atoms with van der Waals surface area (Å²) in [5, 5.41) is 8.39. The van der Waals surface area contributed by atoms with E-state index in [1.165, 1.54) is 12.1 Å². The molecule has 7 nitrogen and oxygen atoms in total. The highest BCUT2D eigenvalue weighted by molar-refractivity contribution is 5.83. The number of amides is 1. The molecule has 0 N–H and O–H groups in total. The van der Waals surface area contributed by atoms with Crippen LogP contribution in [0.5, 0.6) is 5.75 Å². The van der Waals surface area contributed by atoms with Gasteiger partial charge in [0.15, 0.2) is 11.9 Å². The van der Waals surface area contributed by atoms with Crippen molar-refractivity contribution in [1.82, 2.24) is 24.6 Å². The van der Waals surface area contributed by atoms with Crippen molar-refractivity contribution in [2.24, 2.45) is 0 Å². The molecule has 2 aromatic rings. The number of halogens is 3. The van der Waals surface area contributed by atoms with Gasteiger partial charge in [0.05, 0.1) is 0 Å². The SMILES string of the molecule is Cc1nnc2n1CCN(Cc1ccc(OC(F)(F)F)cc1)C2C(=O)N1CCCC1. The van der Waals surface area contributed by atoms with Crippen LogP contribution in [0.2, 0.25) is 0 Å². The summed E-state index contributed by atoms with van der Waals surface area (Å²) < 4.78 is 43.0. The Balaban J connectivity index is 1.56. The number of rotatable bonds is 4. The zero-order valence-corrected chi connectivity index (χ0v) is 16.0. The van der Waals surface area contributed by atoms with Gasteiger partial charge in [0.25, 0.3) is 0 Å². The van der Waals surface area contributed by atoms with E-state index in [9.17, 15) is 18.0 Å². The smallest absolute Gasteiger partial charge is 0.406 e. The first-order valence-electron chi connectivity index (χ1n) is 9.59. The van der Waals surface area contributed by atoms with Crippen LogP contribution in [-0.2, 0) is 17.9 Å². The summed E-state index contributed by atoms with van der Waals surface area (Å²) in [6.45, 7) is 5.04. The summed E-state index contributed by atoms with van der Waals surface area (Å²) in [6.07, 6.45) is -2.74. The summed E-state index contributed by atoms with van der Waals surface area (Å²) in [5.74, 6) is 1.14. The molecule has 0 saturated carbocycles. The minimum atomic E-state index is -4.72. The average molecular weight is 409 g/mol. The molecular weight excluding hydrogens is 387 g/mol. The Morgan fingerprint density at radius 3 is 2.45 bits per heavy atom. The normalized spacial score (nSPS) is 20.0. The molecule has 1 atom stereocenters. The monoisotopic (exact) mass is 409 g/mol. The molecule has 10 heteroatoms. The number of aromatic nitrogens is 3. The lowest BCUT2D eigenvalue weighted by Crippen LogP contribution is -2.47. The zero-order chi connectivity index (χ0) is 20.6. The Labute approximate surface area is 166 Å². The summed E-state index contributed by atoms with van der Waals surface area (Å²) >= 11 is 0. The van der Waals surface area contributed by atoms with E-state index in [-0.39, 0.29) is 11.7 Å². The van der Waals surface area contributed by atoms with E-state index in [1.54, 1.807) is 12.1 Å². The third-order valence-corrected chi connectivity index (χ3v) is 5.38. The van der Waals surface area contributed by atoms with E-state index >= 15 is 0 Å². The van der Waals surface area contributed by atoms with E-state index in [0.717, 1.165) is 37.3 Å². The number of likely N-dealkylation sites (tertiary alicyclic amines) is 1. The molecule has 1 saturated heterocycles. The number of aryl methyl sites for hydroxylation is 1. The fourth-order valence-electron chi connectivity index (χ4n) is 3.98. The van der Waals surface area contributed by atoms with E-state index in [2.05, 4.69) is 14.9 Å². The van der Waals surface area contributed by atoms with Crippen LogP contribution in [0.1, 0.15) is 36.1 Å². The van der Waals surface area contributed by atoms with Crippen LogP contribution in [0.3, 0.4) is 0 Å². The first-order valence-corrected chi connectivity index (χ1v) is 9.59. The van der Waals surface area contributed by atoms with Gasteiger partial charge in [-0.1, -0.05) is 12.1 Å². The molecule has 0 bridgehead atoms. The number of nitrogens with zero attached hydrogens (tertiary/aromatic N) is 5. The number of alkyl halides is 3. The first-order chi connectivity index (χ1) is 13.8. The van der Waals surface area contributed by atoms with Crippen molar-refractivity contribution < 1.29 is 22.7 Å². The zero-order valence-electron chi connectivity index (χ0n) is 16.0. The van der Waals surface area contributed by atoms with E-state index < -0.39 is 12.4 Å². The third kappa shape index (κ3) is 4.21. The van der Waals surface area contributed by atoms with Gasteiger partial charge in [-0.3, -0.25) is 9.69 Å². The van der Waals surface area contributed by atoms with Crippen LogP contribution in [-0.4, -0.2) is 56.5 Å². The van der Waals surface area contributed by atoms with Crippen LogP contribution < -0.4 is 4.74 Å². The molecule has 1 aromatic carbocycles. The highest BCUT2D eigenvalue weighted by Crippen LogP contribution is 2.30. The number of ether oxygens (including phenoxy) is 1. The van der Waals surface area contributed by atoms with Gasteiger partial charge in [0.1, 0.15) is 11.6 Å². The summed E-state index contributed by atoms with van der Waals surface area (Å²) in [6, 6.07) is 5.20. The van der Waals surface area contributed by atoms with Gasteiger partial charge < -0.3 is 14.2 Å². The number of carbonyl (C=O) groups excluding carboxylic acids is 1. The maximum Gasteiger partial charge on any atom is 0.573 e. The van der Waals surface area contributed by atoms with Gasteiger partial charge in [-0.05, 0) is 37.5 Å². The largest absolute Gasteiger partial charge is 0.573 e. The van der Waals surface area contributed by atoms with Gasteiger partial charge in [-0.15, -0.1) is 23.4 Å². The minimum absolute atomic E-state index is 0.00729. The Morgan fingerprint density at radius 1 is 1.10 bits per heavy atom. The predicted octanol–water partition coefficient (Wildman–Crippen LogP) is 2.66. The molecule has 29 heavy (non-hydrogen) atoms. The van der Waals surface area contributed by atoms with Crippen molar-refractivity contribution in [2.75, 3.05) is 19.6 Å². The maximum absolute atomic E-state index is 13.2. The van der Waals surface area contributed by atoms with E-state index in [1.807, 2.05) is 21.3 Å². The second-order valence-electron chi connectivity index (χ2n) is 7.35. The minimum Gasteiger partial charge on any atom is -0.406 e. The lowest BCUT2D eigenvalue weighted by atomic mass is 10.1. The molecule has 0 spiro atoms. The van der Waals surface area contributed by atoms with Gasteiger partial charge in [0, 0.05) is 32.7 Å². The lowest BCUT2D eigenvalue weighted by Gasteiger charge is -2.36. The first kappa shape index (κ1) is 19.7. The van der Waals surface area contributed by atoms with Gasteiger partial charge in [-0.2, -0.15) is 0 Å². The number of hydrogen-bond donors (Lipinski definition) is 0. The third-order valence-electron chi connectivity index (χ3n) is 5.38. The van der Waals surface area contributed by atoms with Crippen LogP contribution in [0.4, 0.5) is 13.2 Å². The molecule has 3 heterocycles. The topological polar surface area (TPSA) is 63.5 Å². The molecule has 0 radical (unpaired) electrons. The molecule has 1 amide bonds. The van der Waals surface area contributed by atoms with Crippen LogP contribution in [0, 0.1) is 6.92 Å². The maximum atomic E-state index is 13.2. The molecule has 1 fully saturated rings. The number of carbonyl (C=O) groups is 1. The molecule has 1 unspecified atom stereocenters. The van der Waals surface area contributed by atoms with Gasteiger partial charge in [-0.25, -0.2) is 0 Å². The van der Waals surface area contributed by atoms with Crippen molar-refractivity contribution in [2.45, 2.75) is 45.3 Å². The van der Waals surface area contributed by atoms with Crippen molar-refractivity contribution in [3.8, 4) is 5.75 Å². The number of fused-ring (bicyclic) bond motifs is 1. The fourth-order valence-corrected chi connectivity index (χ4v) is 3.98. The van der Waals surface area contributed by atoms with E-state index in [0.29, 0.717) is 25.5 Å². The van der Waals surface area contributed by atoms with E-state index in [4.69, 9.17) is 0 Å². The van der Waals surface area contributed by atoms with Crippen LogP contribution in [0.15, 0.2) is 24.3 Å². The molecule has 156 valence electrons. The Bertz CT molecular complexity index is 875. The Kier molecular flexibility index (Phi) is 5.20. The molecular formula is C19H22F3N5O2. The average Bonchev–Trinajstić information content (AvgIpc) is 3.32. The Morgan fingerprint density at radius 2 is 1.79 bits per heavy atom. The molecule has 1 aromatic heterocycles. The highest BCUT2D eigenvalue weighted by Gasteiger charge is 2.39. The Hall–Kier alpha value is -2.62. The lowest BCUT2D eigenvalue weighted by molar-refractivity contribution is -0.274. The quantitative estimate of drug-likeness (QED) is 0.777. The fraction of sp³-hybridized carbons (Fsp3) is 0.526. The van der Waals surface area contributed by atoms with Crippen molar-refractivity contribution in [3.63, 3.8) is 0 Å². The van der Waals surface area contributed by atoms with Crippen molar-refractivity contribution in [1.29, 1.82) is 0 Å². The second-order valence-corrected chi connectivity index (χ2v) is 7.35. The van der Waals surface area contributed by atoms with Gasteiger partial charge >= 0.3 is 6.36 Å². The highest BCUT2D eigenvalue weighted by atomic mass is 19.4. The summed E-state index contributed by atoms with van der Waals surface area (Å²) in [4.78, 5) is 17.1. The summed E-state index contributed by atoms with van der Waals surface area (Å²) in [7, 11) is 0. The molecule has 2 aliphatic heterocycles. The molecule has 2 aliphatic rings. The van der Waals surface area contributed by atoms with Crippen molar-refractivity contribution in [3.05, 3.63) is 41.5 Å². The van der Waals surface area contributed by atoms with Crippen LogP contribution in [0.25, 0.3) is 0 Å². The standard InChI is InChI=1S/C19H22F3N5O2/c1-13-23-24-17-16(18(28)25-8-2-3-9-25)26(10-11-27(13)17)12-14-4-6-15(7-5-14)29-19(20,21)22/h4-7,16H,2-3,8-12H2,1H3. The summed E-state index contributed by atoms with van der Waals surface area (Å²) in [5.41, 5.74) is 0.795. The van der Waals surface area contributed by atoms with Crippen LogP contribution >= 0.6 is 0 Å². The van der Waals surface area contributed by atoms with Crippen molar-refractivity contribution >= 4 is 5.91 Å². The number of hydrogen-bond acceptors (Lipinski definition) is 5. The predicted molar refractivity (Wildman–Crippen MR) is 96.8 cm³/mol. The second kappa shape index (κ2) is 7.66. The number of benzene rings is 1. The van der Waals surface area contributed by atoms with Gasteiger partial charge in [0.2, 0.25) is 5.91 Å². The molecule has 0 aliphatic carbocycles. The molecule has 4 rings (SSSR count).